The molecule has 3 heterocycles. The van der Waals surface area contributed by atoms with E-state index in [1.54, 1.807) is 12.4 Å². The van der Waals surface area contributed by atoms with Crippen LogP contribution in [-0.4, -0.2) is 41.7 Å². The van der Waals surface area contributed by atoms with Crippen molar-refractivity contribution in [1.82, 2.24) is 9.97 Å². The van der Waals surface area contributed by atoms with Crippen LogP contribution in [0.5, 0.6) is 11.6 Å². The van der Waals surface area contributed by atoms with Gasteiger partial charge in [0, 0.05) is 37.6 Å². The first-order valence-corrected chi connectivity index (χ1v) is 14.4. The van der Waals surface area contributed by atoms with Crippen LogP contribution in [0, 0.1) is 6.92 Å². The molecule has 1 fully saturated rings. The van der Waals surface area contributed by atoms with Crippen molar-refractivity contribution >= 4 is 28.1 Å². The van der Waals surface area contributed by atoms with Crippen LogP contribution in [0.4, 0.5) is 11.4 Å². The number of aryl methyl sites for hydroxylation is 1. The smallest absolute Gasteiger partial charge is 0.328 e. The molecule has 0 saturated carbocycles. The van der Waals surface area contributed by atoms with Gasteiger partial charge in [-0.25, -0.2) is 9.78 Å². The summed E-state index contributed by atoms with van der Waals surface area (Å²) in [4.78, 5) is 49.1. The minimum absolute atomic E-state index is 0.223. The Bertz CT molecular complexity index is 1570. The molecule has 2 aromatic carbocycles. The number of nitrogens with zero attached hydrogens (tertiary/aromatic N) is 3. The zero-order chi connectivity index (χ0) is 28.8. The van der Waals surface area contributed by atoms with Gasteiger partial charge in [-0.15, -0.1) is 0 Å². The molecule has 0 bridgehead atoms. The number of fused-ring (bicyclic) bond motifs is 1. The molecule has 1 N–H and O–H groups in total. The fourth-order valence-electron chi connectivity index (χ4n) is 5.20. The fraction of sp³-hybridized carbons (Fsp3) is 0.406. The van der Waals surface area contributed by atoms with Crippen molar-refractivity contribution in [3.8, 4) is 11.6 Å². The number of carbonyl (C=O) groups excluding carboxylic acids is 1. The van der Waals surface area contributed by atoms with Crippen LogP contribution in [0.15, 0.2) is 58.4 Å². The second-order valence-electron chi connectivity index (χ2n) is 10.6. The molecule has 41 heavy (non-hydrogen) atoms. The van der Waals surface area contributed by atoms with Crippen molar-refractivity contribution < 1.29 is 14.3 Å². The summed E-state index contributed by atoms with van der Waals surface area (Å²) in [6.45, 7) is 5.70. The van der Waals surface area contributed by atoms with Gasteiger partial charge in [-0.2, -0.15) is 0 Å². The number of esters is 1. The Hall–Kier alpha value is -4.27. The van der Waals surface area contributed by atoms with E-state index in [1.165, 1.54) is 0 Å². The summed E-state index contributed by atoms with van der Waals surface area (Å²) >= 11 is 0. The zero-order valence-electron chi connectivity index (χ0n) is 23.7. The predicted octanol–water partition coefficient (Wildman–Crippen LogP) is 5.07. The Morgan fingerprint density at radius 2 is 1.80 bits per heavy atom. The molecule has 9 nitrogen and oxygen atoms in total. The summed E-state index contributed by atoms with van der Waals surface area (Å²) in [5.74, 6) is 0.621. The molecule has 1 atom stereocenters. The van der Waals surface area contributed by atoms with E-state index in [0.29, 0.717) is 23.9 Å². The van der Waals surface area contributed by atoms with Gasteiger partial charge >= 0.3 is 5.97 Å². The fourth-order valence-corrected chi connectivity index (χ4v) is 5.20. The maximum absolute atomic E-state index is 13.1. The molecular weight excluding hydrogens is 520 g/mol. The molecule has 0 radical (unpaired) electrons. The van der Waals surface area contributed by atoms with Crippen LogP contribution in [0.1, 0.15) is 56.7 Å². The number of ether oxygens (including phenoxy) is 2. The summed E-state index contributed by atoms with van der Waals surface area (Å²) in [5, 5.41) is 4.91. The third kappa shape index (κ3) is 6.56. The Morgan fingerprint density at radius 1 is 1.05 bits per heavy atom. The van der Waals surface area contributed by atoms with Crippen molar-refractivity contribution in [1.29, 1.82) is 0 Å². The summed E-state index contributed by atoms with van der Waals surface area (Å²) < 4.78 is 11.6. The van der Waals surface area contributed by atoms with Gasteiger partial charge in [0.15, 0.2) is 0 Å². The topological polar surface area (TPSA) is 111 Å². The first kappa shape index (κ1) is 28.3. The van der Waals surface area contributed by atoms with Gasteiger partial charge in [0.1, 0.15) is 23.2 Å². The Labute approximate surface area is 239 Å². The summed E-state index contributed by atoms with van der Waals surface area (Å²) in [6, 6.07) is 10.5. The highest BCUT2D eigenvalue weighted by molar-refractivity contribution is 5.86. The molecule has 5 rings (SSSR count). The van der Waals surface area contributed by atoms with E-state index in [2.05, 4.69) is 15.3 Å². The number of benzene rings is 1. The van der Waals surface area contributed by atoms with E-state index in [-0.39, 0.29) is 12.1 Å². The Kier molecular flexibility index (Phi) is 8.91. The molecule has 1 aliphatic heterocycles. The van der Waals surface area contributed by atoms with Crippen LogP contribution in [0.3, 0.4) is 0 Å². The average Bonchev–Trinajstić information content (AvgIpc) is 3.26. The number of anilines is 2. The quantitative estimate of drug-likeness (QED) is 0.154. The molecule has 0 unspecified atom stereocenters. The summed E-state index contributed by atoms with van der Waals surface area (Å²) in [5.41, 5.74) is 1.25. The van der Waals surface area contributed by atoms with E-state index in [1.807, 2.05) is 55.1 Å². The van der Waals surface area contributed by atoms with E-state index >= 15 is 0 Å². The predicted molar refractivity (Wildman–Crippen MR) is 160 cm³/mol. The molecule has 214 valence electrons. The number of rotatable bonds is 11. The molecular formula is C32H36N4O5. The minimum Gasteiger partial charge on any atom is -0.464 e. The number of carbonyl (C=O) groups is 1. The van der Waals surface area contributed by atoms with E-state index in [4.69, 9.17) is 9.47 Å². The van der Waals surface area contributed by atoms with Gasteiger partial charge in [0.05, 0.1) is 12.0 Å². The van der Waals surface area contributed by atoms with Gasteiger partial charge in [-0.3, -0.25) is 14.6 Å². The largest absolute Gasteiger partial charge is 0.464 e. The number of hydrogen-bond donors (Lipinski definition) is 1. The number of unbranched alkanes of at least 4 members (excludes halogenated alkanes) is 1. The molecule has 1 aliphatic rings. The van der Waals surface area contributed by atoms with Crippen LogP contribution in [0.25, 0.3) is 10.8 Å². The van der Waals surface area contributed by atoms with Crippen molar-refractivity contribution in [3.05, 3.63) is 80.5 Å². The second kappa shape index (κ2) is 12.9. The lowest BCUT2D eigenvalue weighted by Crippen LogP contribution is -2.46. The number of pyridine rings is 2. The van der Waals surface area contributed by atoms with Gasteiger partial charge in [0.25, 0.3) is 10.9 Å². The number of hydrogen-bond acceptors (Lipinski definition) is 9. The van der Waals surface area contributed by atoms with E-state index in [0.717, 1.165) is 73.6 Å². The third-order valence-electron chi connectivity index (χ3n) is 7.46. The van der Waals surface area contributed by atoms with Gasteiger partial charge < -0.3 is 19.7 Å². The van der Waals surface area contributed by atoms with Crippen molar-refractivity contribution in [2.24, 2.45) is 0 Å². The van der Waals surface area contributed by atoms with Gasteiger partial charge in [0.2, 0.25) is 5.88 Å². The lowest BCUT2D eigenvalue weighted by molar-refractivity contribution is -0.144. The van der Waals surface area contributed by atoms with Crippen molar-refractivity contribution in [2.45, 2.75) is 64.8 Å². The van der Waals surface area contributed by atoms with Crippen LogP contribution < -0.4 is 25.8 Å². The average molecular weight is 557 g/mol. The van der Waals surface area contributed by atoms with Crippen LogP contribution >= 0.6 is 0 Å². The van der Waals surface area contributed by atoms with Crippen molar-refractivity contribution in [2.75, 3.05) is 29.9 Å². The molecule has 0 amide bonds. The van der Waals surface area contributed by atoms with Crippen LogP contribution in [0.2, 0.25) is 0 Å². The zero-order valence-corrected chi connectivity index (χ0v) is 23.7. The van der Waals surface area contributed by atoms with Crippen molar-refractivity contribution in [3.63, 3.8) is 0 Å². The SMILES string of the molecule is CCCCOC(=O)[C@H](Cc1ccc(Oc2nc(C)cc3ccncc23)cc1)Nc1c(N2CCCCCC2)c(=O)c1=O. The maximum atomic E-state index is 13.1. The molecule has 1 saturated heterocycles. The highest BCUT2D eigenvalue weighted by atomic mass is 16.5. The molecule has 2 aromatic heterocycles. The molecule has 0 spiro atoms. The van der Waals surface area contributed by atoms with E-state index < -0.39 is 22.9 Å². The molecule has 9 heteroatoms. The molecule has 0 aliphatic carbocycles. The second-order valence-corrected chi connectivity index (χ2v) is 10.6. The van der Waals surface area contributed by atoms with Crippen LogP contribution in [-0.2, 0) is 16.0 Å². The lowest BCUT2D eigenvalue weighted by Gasteiger charge is -2.28. The standard InChI is InChI=1S/C32H36N4O5/c1-3-4-17-40-32(39)26(35-27-28(30(38)29(27)37)36-15-7-5-6-8-16-36)19-22-9-11-24(12-10-22)41-31-25-20-33-14-13-23(25)18-21(2)34-31/h9-14,18,20,26,35H,3-8,15-17,19H2,1-2H3/t26-/m0/s1. The van der Waals surface area contributed by atoms with Gasteiger partial charge in [-0.05, 0) is 61.4 Å². The van der Waals surface area contributed by atoms with E-state index in [9.17, 15) is 14.4 Å². The summed E-state index contributed by atoms with van der Waals surface area (Å²) in [7, 11) is 0. The highest BCUT2D eigenvalue weighted by Crippen LogP contribution is 2.29. The Balaban J connectivity index is 1.34. The van der Waals surface area contributed by atoms with Gasteiger partial charge in [-0.1, -0.05) is 38.3 Å². The normalized spacial score (nSPS) is 14.5. The molecule has 4 aromatic rings. The monoisotopic (exact) mass is 556 g/mol. The Morgan fingerprint density at radius 3 is 2.54 bits per heavy atom. The minimum atomic E-state index is -0.818. The highest BCUT2D eigenvalue weighted by Gasteiger charge is 2.31. The third-order valence-corrected chi connectivity index (χ3v) is 7.46. The number of nitrogens with one attached hydrogen (secondary N) is 1. The maximum Gasteiger partial charge on any atom is 0.328 e. The first-order valence-electron chi connectivity index (χ1n) is 14.4. The lowest BCUT2D eigenvalue weighted by atomic mass is 10.0. The number of aromatic nitrogens is 2. The summed E-state index contributed by atoms with van der Waals surface area (Å²) in [6.07, 6.45) is 9.54. The first-order chi connectivity index (χ1) is 19.9.